The molecule has 0 saturated carbocycles. The Morgan fingerprint density at radius 3 is 2.11 bits per heavy atom. The molecule has 18 heavy (non-hydrogen) atoms. The van der Waals surface area contributed by atoms with Crippen molar-refractivity contribution < 1.29 is 0 Å². The predicted octanol–water partition coefficient (Wildman–Crippen LogP) is 3.39. The van der Waals surface area contributed by atoms with E-state index in [2.05, 4.69) is 83.7 Å². The van der Waals surface area contributed by atoms with Gasteiger partial charge in [-0.15, -0.1) is 0 Å². The summed E-state index contributed by atoms with van der Waals surface area (Å²) in [5.41, 5.74) is 3.74. The van der Waals surface area contributed by atoms with Gasteiger partial charge in [0.15, 0.2) is 0 Å². The Bertz CT molecular complexity index is 546. The molecule has 0 fully saturated rings. The Balaban J connectivity index is 1.99. The molecule has 0 spiro atoms. The Morgan fingerprint density at radius 1 is 0.833 bits per heavy atom. The summed E-state index contributed by atoms with van der Waals surface area (Å²) >= 11 is 0. The van der Waals surface area contributed by atoms with E-state index in [4.69, 9.17) is 0 Å². The third-order valence-corrected chi connectivity index (χ3v) is 3.14. The maximum absolute atomic E-state index is 2.33. The summed E-state index contributed by atoms with van der Waals surface area (Å²) in [6.07, 6.45) is 2.20. The van der Waals surface area contributed by atoms with Crippen molar-refractivity contribution in [3.05, 3.63) is 72.4 Å². The van der Waals surface area contributed by atoms with Gasteiger partial charge in [-0.05, 0) is 17.7 Å². The predicted molar refractivity (Wildman–Crippen MR) is 76.0 cm³/mol. The number of anilines is 1. The summed E-state index contributed by atoms with van der Waals surface area (Å²) in [7, 11) is 2.10. The van der Waals surface area contributed by atoms with Gasteiger partial charge in [-0.25, -0.2) is 0 Å². The molecule has 0 atom stereocenters. The lowest BCUT2D eigenvalue weighted by atomic mass is 10.1. The standard InChI is InChI=1S/C16H16N2/c1-17-12-16(14-8-4-2-5-9-14)18(13-17)15-10-6-3-7-11-15/h2-12H,13H2,1H3. The second kappa shape index (κ2) is 4.57. The normalized spacial score (nSPS) is 14.8. The van der Waals surface area contributed by atoms with Crippen LogP contribution in [0.5, 0.6) is 0 Å². The maximum atomic E-state index is 2.33. The number of para-hydroxylation sites is 1. The molecule has 2 nitrogen and oxygen atoms in total. The first-order valence-electron chi connectivity index (χ1n) is 6.15. The Labute approximate surface area is 108 Å². The zero-order valence-electron chi connectivity index (χ0n) is 10.5. The largest absolute Gasteiger partial charge is 0.361 e. The second-order valence-electron chi connectivity index (χ2n) is 4.54. The lowest BCUT2D eigenvalue weighted by Gasteiger charge is -2.22. The smallest absolute Gasteiger partial charge is 0.0945 e. The first-order chi connectivity index (χ1) is 8.84. The molecule has 1 heterocycles. The van der Waals surface area contributed by atoms with Gasteiger partial charge in [0.25, 0.3) is 0 Å². The molecule has 1 aliphatic rings. The van der Waals surface area contributed by atoms with Crippen LogP contribution >= 0.6 is 0 Å². The van der Waals surface area contributed by atoms with Crippen LogP contribution in [0.25, 0.3) is 5.70 Å². The average Bonchev–Trinajstić information content (AvgIpc) is 2.83. The first-order valence-corrected chi connectivity index (χ1v) is 6.15. The van der Waals surface area contributed by atoms with Crippen LogP contribution in [-0.2, 0) is 0 Å². The molecule has 0 aromatic heterocycles. The van der Waals surface area contributed by atoms with Crippen molar-refractivity contribution in [2.45, 2.75) is 0 Å². The molecule has 0 N–H and O–H groups in total. The monoisotopic (exact) mass is 236 g/mol. The second-order valence-corrected chi connectivity index (χ2v) is 4.54. The summed E-state index contributed by atoms with van der Waals surface area (Å²) in [5.74, 6) is 0. The van der Waals surface area contributed by atoms with E-state index >= 15 is 0 Å². The number of hydrogen-bond acceptors (Lipinski definition) is 2. The average molecular weight is 236 g/mol. The highest BCUT2D eigenvalue weighted by molar-refractivity contribution is 5.80. The summed E-state index contributed by atoms with van der Waals surface area (Å²) in [6.45, 7) is 0.897. The topological polar surface area (TPSA) is 6.48 Å². The maximum Gasteiger partial charge on any atom is 0.0945 e. The van der Waals surface area contributed by atoms with E-state index in [1.165, 1.54) is 16.9 Å². The van der Waals surface area contributed by atoms with Gasteiger partial charge in [0.1, 0.15) is 0 Å². The molecule has 0 unspecified atom stereocenters. The number of nitrogens with zero attached hydrogens (tertiary/aromatic N) is 2. The van der Waals surface area contributed by atoms with Crippen LogP contribution in [0, 0.1) is 0 Å². The molecule has 2 aromatic carbocycles. The lowest BCUT2D eigenvalue weighted by Crippen LogP contribution is -2.23. The van der Waals surface area contributed by atoms with Crippen LogP contribution in [0.1, 0.15) is 5.56 Å². The van der Waals surface area contributed by atoms with Crippen molar-refractivity contribution in [2.24, 2.45) is 0 Å². The number of hydrogen-bond donors (Lipinski definition) is 0. The van der Waals surface area contributed by atoms with Crippen molar-refractivity contribution in [3.63, 3.8) is 0 Å². The van der Waals surface area contributed by atoms with E-state index in [9.17, 15) is 0 Å². The lowest BCUT2D eigenvalue weighted by molar-refractivity contribution is 0.496. The minimum Gasteiger partial charge on any atom is -0.361 e. The van der Waals surface area contributed by atoms with Crippen molar-refractivity contribution in [1.29, 1.82) is 0 Å². The fourth-order valence-corrected chi connectivity index (χ4v) is 2.29. The molecule has 2 aromatic rings. The molecule has 1 aliphatic heterocycles. The van der Waals surface area contributed by atoms with E-state index in [-0.39, 0.29) is 0 Å². The highest BCUT2D eigenvalue weighted by atomic mass is 15.3. The molecule has 0 saturated heterocycles. The van der Waals surface area contributed by atoms with E-state index in [0.717, 1.165) is 6.67 Å². The molecular formula is C16H16N2. The van der Waals surface area contributed by atoms with Gasteiger partial charge < -0.3 is 9.80 Å². The molecular weight excluding hydrogens is 220 g/mol. The Kier molecular flexibility index (Phi) is 2.77. The van der Waals surface area contributed by atoms with Crippen molar-refractivity contribution in [3.8, 4) is 0 Å². The molecule has 2 heteroatoms. The minimum absolute atomic E-state index is 0.897. The van der Waals surface area contributed by atoms with Crippen LogP contribution in [0.4, 0.5) is 5.69 Å². The summed E-state index contributed by atoms with van der Waals surface area (Å²) in [6, 6.07) is 21.0. The van der Waals surface area contributed by atoms with Crippen LogP contribution in [0.3, 0.4) is 0 Å². The van der Waals surface area contributed by atoms with Crippen molar-refractivity contribution in [2.75, 3.05) is 18.6 Å². The molecule has 0 radical (unpaired) electrons. The third-order valence-electron chi connectivity index (χ3n) is 3.14. The summed E-state index contributed by atoms with van der Waals surface area (Å²) in [4.78, 5) is 4.53. The van der Waals surface area contributed by atoms with Gasteiger partial charge in [0.05, 0.1) is 12.4 Å². The number of rotatable bonds is 2. The van der Waals surface area contributed by atoms with Crippen LogP contribution in [-0.4, -0.2) is 18.6 Å². The molecule has 0 bridgehead atoms. The quantitative estimate of drug-likeness (QED) is 0.788. The third kappa shape index (κ3) is 1.97. The van der Waals surface area contributed by atoms with Gasteiger partial charge in [-0.2, -0.15) is 0 Å². The van der Waals surface area contributed by atoms with Crippen LogP contribution < -0.4 is 4.90 Å². The van der Waals surface area contributed by atoms with E-state index in [1.807, 2.05) is 0 Å². The zero-order chi connectivity index (χ0) is 12.4. The summed E-state index contributed by atoms with van der Waals surface area (Å²) in [5, 5.41) is 0. The minimum atomic E-state index is 0.897. The Hall–Kier alpha value is -2.22. The van der Waals surface area contributed by atoms with E-state index in [0.29, 0.717) is 0 Å². The van der Waals surface area contributed by atoms with Gasteiger partial charge in [-0.1, -0.05) is 48.5 Å². The van der Waals surface area contributed by atoms with Crippen molar-refractivity contribution >= 4 is 11.4 Å². The SMILES string of the molecule is CN1C=C(c2ccccc2)N(c2ccccc2)C1. The summed E-state index contributed by atoms with van der Waals surface area (Å²) < 4.78 is 0. The van der Waals surface area contributed by atoms with Gasteiger partial charge >= 0.3 is 0 Å². The molecule has 3 rings (SSSR count). The number of benzene rings is 2. The van der Waals surface area contributed by atoms with E-state index in [1.54, 1.807) is 0 Å². The highest BCUT2D eigenvalue weighted by Gasteiger charge is 2.20. The fraction of sp³-hybridized carbons (Fsp3) is 0.125. The fourth-order valence-electron chi connectivity index (χ4n) is 2.29. The van der Waals surface area contributed by atoms with Crippen LogP contribution in [0.15, 0.2) is 66.9 Å². The molecule has 0 aliphatic carbocycles. The Morgan fingerprint density at radius 2 is 1.44 bits per heavy atom. The van der Waals surface area contributed by atoms with Crippen molar-refractivity contribution in [1.82, 2.24) is 4.90 Å². The zero-order valence-corrected chi connectivity index (χ0v) is 10.5. The van der Waals surface area contributed by atoms with Gasteiger partial charge in [0, 0.05) is 18.9 Å². The molecule has 90 valence electrons. The van der Waals surface area contributed by atoms with Crippen LogP contribution in [0.2, 0.25) is 0 Å². The molecule has 0 amide bonds. The van der Waals surface area contributed by atoms with Gasteiger partial charge in [0.2, 0.25) is 0 Å². The van der Waals surface area contributed by atoms with Gasteiger partial charge in [-0.3, -0.25) is 0 Å². The van der Waals surface area contributed by atoms with E-state index < -0.39 is 0 Å². The first kappa shape index (κ1) is 10.9. The highest BCUT2D eigenvalue weighted by Crippen LogP contribution is 2.30.